The van der Waals surface area contributed by atoms with Crippen LogP contribution in [0.3, 0.4) is 0 Å². The number of methoxy groups -OCH3 is 1. The highest BCUT2D eigenvalue weighted by atomic mass is 79.9. The number of benzene rings is 3. The van der Waals surface area contributed by atoms with Crippen molar-refractivity contribution in [3.05, 3.63) is 104 Å². The Hall–Kier alpha value is -3.62. The first-order valence-corrected chi connectivity index (χ1v) is 12.8. The van der Waals surface area contributed by atoms with E-state index in [1.807, 2.05) is 55.5 Å². The smallest absolute Gasteiger partial charge is 0.290 e. The molecule has 4 aromatic rings. The van der Waals surface area contributed by atoms with Gasteiger partial charge < -0.3 is 23.5 Å². The van der Waals surface area contributed by atoms with E-state index in [1.165, 1.54) is 0 Å². The van der Waals surface area contributed by atoms with Gasteiger partial charge in [0.1, 0.15) is 12.2 Å². The Labute approximate surface area is 222 Å². The molecule has 1 amide bonds. The van der Waals surface area contributed by atoms with E-state index in [2.05, 4.69) is 15.9 Å². The Morgan fingerprint density at radius 3 is 2.54 bits per heavy atom. The standard InChI is InChI=1S/C29H26BrNO6/c1-3-35-24-15-19(9-11-23(24)36-17-18-7-5-4-6-8-18)26-25-27(32)21-16-20(30)10-12-22(21)37-28(25)29(33)31(26)13-14-34-2/h4-12,15-16,26H,3,13-14,17H2,1-2H3. The van der Waals surface area contributed by atoms with E-state index in [9.17, 15) is 9.59 Å². The molecule has 1 aliphatic heterocycles. The molecule has 0 saturated heterocycles. The topological polar surface area (TPSA) is 78.2 Å². The van der Waals surface area contributed by atoms with Gasteiger partial charge in [0.05, 0.1) is 30.2 Å². The zero-order valence-corrected chi connectivity index (χ0v) is 22.1. The second-order valence-corrected chi connectivity index (χ2v) is 9.54. The predicted molar refractivity (Wildman–Crippen MR) is 143 cm³/mol. The lowest BCUT2D eigenvalue weighted by Crippen LogP contribution is -2.32. The Bertz CT molecular complexity index is 1500. The molecule has 1 aromatic heterocycles. The molecule has 0 saturated carbocycles. The number of fused-ring (bicyclic) bond motifs is 2. The Morgan fingerprint density at radius 1 is 0.973 bits per heavy atom. The summed E-state index contributed by atoms with van der Waals surface area (Å²) in [6.07, 6.45) is 0. The average Bonchev–Trinajstić information content (AvgIpc) is 3.19. The summed E-state index contributed by atoms with van der Waals surface area (Å²) in [4.78, 5) is 28.8. The highest BCUT2D eigenvalue weighted by molar-refractivity contribution is 9.10. The zero-order valence-electron chi connectivity index (χ0n) is 20.5. The third kappa shape index (κ3) is 4.86. The van der Waals surface area contributed by atoms with Crippen LogP contribution in [0.25, 0.3) is 11.0 Å². The molecule has 190 valence electrons. The van der Waals surface area contributed by atoms with Gasteiger partial charge in [0, 0.05) is 18.1 Å². The van der Waals surface area contributed by atoms with E-state index < -0.39 is 6.04 Å². The minimum absolute atomic E-state index is 0.0586. The molecule has 1 unspecified atom stereocenters. The second-order valence-electron chi connectivity index (χ2n) is 8.62. The summed E-state index contributed by atoms with van der Waals surface area (Å²) in [5.41, 5.74) is 2.20. The second kappa shape index (κ2) is 10.8. The van der Waals surface area contributed by atoms with E-state index in [0.717, 1.165) is 15.6 Å². The maximum absolute atomic E-state index is 13.7. The van der Waals surface area contributed by atoms with Crippen LogP contribution in [0.5, 0.6) is 11.5 Å². The number of hydrogen-bond acceptors (Lipinski definition) is 6. The lowest BCUT2D eigenvalue weighted by atomic mass is 9.98. The van der Waals surface area contributed by atoms with E-state index >= 15 is 0 Å². The van der Waals surface area contributed by atoms with Crippen molar-refractivity contribution in [2.24, 2.45) is 0 Å². The van der Waals surface area contributed by atoms with Gasteiger partial charge in [-0.25, -0.2) is 0 Å². The van der Waals surface area contributed by atoms with Crippen LogP contribution in [-0.4, -0.2) is 37.7 Å². The van der Waals surface area contributed by atoms with Crippen LogP contribution in [0.1, 0.15) is 40.2 Å². The quantitative estimate of drug-likeness (QED) is 0.259. The summed E-state index contributed by atoms with van der Waals surface area (Å²) in [6, 6.07) is 19.9. The van der Waals surface area contributed by atoms with Crippen molar-refractivity contribution in [2.75, 3.05) is 26.9 Å². The van der Waals surface area contributed by atoms with E-state index in [-0.39, 0.29) is 17.1 Å². The SMILES string of the molecule is CCOc1cc(C2c3c(oc4ccc(Br)cc4c3=O)C(=O)N2CCOC)ccc1OCc1ccccc1. The van der Waals surface area contributed by atoms with Crippen LogP contribution in [0.4, 0.5) is 0 Å². The number of hydrogen-bond donors (Lipinski definition) is 0. The molecule has 8 heteroatoms. The van der Waals surface area contributed by atoms with Crippen LogP contribution >= 0.6 is 15.9 Å². The van der Waals surface area contributed by atoms with Gasteiger partial charge >= 0.3 is 0 Å². The van der Waals surface area contributed by atoms with Crippen molar-refractivity contribution in [3.8, 4) is 11.5 Å². The highest BCUT2D eigenvalue weighted by Gasteiger charge is 2.42. The molecular formula is C29H26BrNO6. The minimum atomic E-state index is -0.653. The fourth-order valence-corrected chi connectivity index (χ4v) is 4.94. The summed E-state index contributed by atoms with van der Waals surface area (Å²) in [5, 5.41) is 0.410. The van der Waals surface area contributed by atoms with Crippen molar-refractivity contribution in [1.82, 2.24) is 4.90 Å². The molecule has 0 radical (unpaired) electrons. The fraction of sp³-hybridized carbons (Fsp3) is 0.241. The van der Waals surface area contributed by atoms with Gasteiger partial charge in [0.25, 0.3) is 5.91 Å². The first kappa shape index (κ1) is 25.0. The minimum Gasteiger partial charge on any atom is -0.490 e. The van der Waals surface area contributed by atoms with Gasteiger partial charge in [0.2, 0.25) is 5.76 Å². The summed E-state index contributed by atoms with van der Waals surface area (Å²) in [7, 11) is 1.57. The lowest BCUT2D eigenvalue weighted by Gasteiger charge is -2.25. The van der Waals surface area contributed by atoms with Crippen molar-refractivity contribution in [3.63, 3.8) is 0 Å². The molecule has 3 aromatic carbocycles. The van der Waals surface area contributed by atoms with Crippen LogP contribution in [0, 0.1) is 0 Å². The first-order chi connectivity index (χ1) is 18.0. The highest BCUT2D eigenvalue weighted by Crippen LogP contribution is 2.41. The molecule has 1 atom stereocenters. The molecule has 0 bridgehead atoms. The lowest BCUT2D eigenvalue weighted by molar-refractivity contribution is 0.0663. The number of carbonyl (C=O) groups excluding carboxylic acids is 1. The number of amides is 1. The Kier molecular flexibility index (Phi) is 7.30. The number of nitrogens with zero attached hydrogens (tertiary/aromatic N) is 1. The maximum atomic E-state index is 13.7. The van der Waals surface area contributed by atoms with E-state index in [1.54, 1.807) is 30.2 Å². The molecule has 5 rings (SSSR count). The number of rotatable bonds is 9. The number of carbonyl (C=O) groups is 1. The van der Waals surface area contributed by atoms with Crippen LogP contribution in [-0.2, 0) is 11.3 Å². The van der Waals surface area contributed by atoms with Gasteiger partial charge in [-0.3, -0.25) is 9.59 Å². The average molecular weight is 564 g/mol. The molecule has 2 heterocycles. The third-order valence-electron chi connectivity index (χ3n) is 6.28. The van der Waals surface area contributed by atoms with Crippen molar-refractivity contribution in [1.29, 1.82) is 0 Å². The number of ether oxygens (including phenoxy) is 3. The largest absolute Gasteiger partial charge is 0.490 e. The number of halogens is 1. The normalized spacial score (nSPS) is 14.7. The van der Waals surface area contributed by atoms with Crippen molar-refractivity contribution >= 4 is 32.8 Å². The molecular weight excluding hydrogens is 538 g/mol. The summed E-state index contributed by atoms with van der Waals surface area (Å²) < 4.78 is 24.0. The van der Waals surface area contributed by atoms with Crippen LogP contribution in [0.15, 0.2) is 80.4 Å². The van der Waals surface area contributed by atoms with Gasteiger partial charge in [-0.05, 0) is 48.4 Å². The molecule has 37 heavy (non-hydrogen) atoms. The van der Waals surface area contributed by atoms with Crippen molar-refractivity contribution < 1.29 is 23.4 Å². The molecule has 0 spiro atoms. The van der Waals surface area contributed by atoms with E-state index in [4.69, 9.17) is 18.6 Å². The predicted octanol–water partition coefficient (Wildman–Crippen LogP) is 5.72. The monoisotopic (exact) mass is 563 g/mol. The van der Waals surface area contributed by atoms with Gasteiger partial charge in [-0.1, -0.05) is 52.3 Å². The van der Waals surface area contributed by atoms with Crippen LogP contribution < -0.4 is 14.9 Å². The molecule has 0 N–H and O–H groups in total. The molecule has 0 fully saturated rings. The summed E-state index contributed by atoms with van der Waals surface area (Å²) in [5.74, 6) is 0.831. The summed E-state index contributed by atoms with van der Waals surface area (Å²) in [6.45, 7) is 3.31. The first-order valence-electron chi connectivity index (χ1n) is 12.0. The molecule has 0 aliphatic carbocycles. The van der Waals surface area contributed by atoms with Gasteiger partial charge in [-0.15, -0.1) is 0 Å². The zero-order chi connectivity index (χ0) is 25.9. The Balaban J connectivity index is 1.59. The van der Waals surface area contributed by atoms with Gasteiger partial charge in [0.15, 0.2) is 16.9 Å². The molecule has 1 aliphatic rings. The fourth-order valence-electron chi connectivity index (χ4n) is 4.58. The summed E-state index contributed by atoms with van der Waals surface area (Å²) >= 11 is 3.43. The van der Waals surface area contributed by atoms with Gasteiger partial charge in [-0.2, -0.15) is 0 Å². The maximum Gasteiger partial charge on any atom is 0.290 e. The molecule has 7 nitrogen and oxygen atoms in total. The van der Waals surface area contributed by atoms with Crippen LogP contribution in [0.2, 0.25) is 0 Å². The third-order valence-corrected chi connectivity index (χ3v) is 6.78. The Morgan fingerprint density at radius 2 is 1.78 bits per heavy atom. The van der Waals surface area contributed by atoms with Crippen molar-refractivity contribution in [2.45, 2.75) is 19.6 Å². The van der Waals surface area contributed by atoms with E-state index in [0.29, 0.717) is 54.4 Å².